The molecule has 1 heterocycles. The largest absolute Gasteiger partial charge is 0.493 e. The second-order valence-electron chi connectivity index (χ2n) is 5.98. The first kappa shape index (κ1) is 20.8. The van der Waals surface area contributed by atoms with Crippen molar-refractivity contribution < 1.29 is 33.0 Å². The molecule has 2 aromatic rings. The average Bonchev–Trinajstić information content (AvgIpc) is 3.20. The molecule has 0 unspecified atom stereocenters. The summed E-state index contributed by atoms with van der Waals surface area (Å²) in [6, 6.07) is 5.73. The molecule has 0 fully saturated rings. The highest BCUT2D eigenvalue weighted by Gasteiger charge is 2.21. The molecule has 0 saturated carbocycles. The molecular formula is C19H22N2O7. The molecule has 0 spiro atoms. The Labute approximate surface area is 161 Å². The SMILES string of the molecule is COc1cc(NC(=O)c2ccco2)c(C(=O)OCC(=O)NC(C)C)cc1OC. The molecule has 150 valence electrons. The number of esters is 1. The van der Waals surface area contributed by atoms with Crippen molar-refractivity contribution in [3.63, 3.8) is 0 Å². The fourth-order valence-corrected chi connectivity index (χ4v) is 2.32. The molecule has 9 nitrogen and oxygen atoms in total. The Hall–Kier alpha value is -3.49. The Morgan fingerprint density at radius 2 is 1.79 bits per heavy atom. The van der Waals surface area contributed by atoms with E-state index >= 15 is 0 Å². The van der Waals surface area contributed by atoms with Crippen LogP contribution in [0.1, 0.15) is 34.8 Å². The Balaban J connectivity index is 2.27. The van der Waals surface area contributed by atoms with Crippen LogP contribution in [-0.2, 0) is 9.53 Å². The van der Waals surface area contributed by atoms with Crippen molar-refractivity contribution in [1.82, 2.24) is 5.32 Å². The number of amides is 2. The summed E-state index contributed by atoms with van der Waals surface area (Å²) in [5.41, 5.74) is 0.114. The number of carbonyl (C=O) groups excluding carboxylic acids is 3. The number of methoxy groups -OCH3 is 2. The van der Waals surface area contributed by atoms with Gasteiger partial charge in [-0.2, -0.15) is 0 Å². The van der Waals surface area contributed by atoms with E-state index in [0.717, 1.165) is 0 Å². The topological polar surface area (TPSA) is 116 Å². The highest BCUT2D eigenvalue weighted by molar-refractivity contribution is 6.07. The van der Waals surface area contributed by atoms with Crippen LogP contribution in [0, 0.1) is 0 Å². The zero-order valence-corrected chi connectivity index (χ0v) is 16.0. The van der Waals surface area contributed by atoms with Crippen molar-refractivity contribution >= 4 is 23.5 Å². The first-order valence-corrected chi connectivity index (χ1v) is 8.43. The van der Waals surface area contributed by atoms with Crippen LogP contribution in [0.4, 0.5) is 5.69 Å². The molecule has 1 aromatic heterocycles. The minimum Gasteiger partial charge on any atom is -0.493 e. The maximum Gasteiger partial charge on any atom is 0.340 e. The second kappa shape index (κ2) is 9.45. The molecule has 2 rings (SSSR count). The Morgan fingerprint density at radius 3 is 2.36 bits per heavy atom. The fourth-order valence-electron chi connectivity index (χ4n) is 2.32. The number of carbonyl (C=O) groups is 3. The summed E-state index contributed by atoms with van der Waals surface area (Å²) in [5.74, 6) is -1.20. The third kappa shape index (κ3) is 5.26. The van der Waals surface area contributed by atoms with Gasteiger partial charge < -0.3 is 29.3 Å². The second-order valence-corrected chi connectivity index (χ2v) is 5.98. The van der Waals surface area contributed by atoms with E-state index in [4.69, 9.17) is 18.6 Å². The maximum absolute atomic E-state index is 12.5. The lowest BCUT2D eigenvalue weighted by atomic mass is 10.1. The van der Waals surface area contributed by atoms with Gasteiger partial charge in [-0.25, -0.2) is 4.79 Å². The van der Waals surface area contributed by atoms with Crippen molar-refractivity contribution in [2.24, 2.45) is 0 Å². The quantitative estimate of drug-likeness (QED) is 0.664. The van der Waals surface area contributed by atoms with Crippen LogP contribution in [-0.4, -0.2) is 44.7 Å². The highest BCUT2D eigenvalue weighted by Crippen LogP contribution is 2.34. The number of hydrogen-bond donors (Lipinski definition) is 2. The number of nitrogens with one attached hydrogen (secondary N) is 2. The average molecular weight is 390 g/mol. The summed E-state index contributed by atoms with van der Waals surface area (Å²) in [5, 5.41) is 5.18. The predicted octanol–water partition coefficient (Wildman–Crippen LogP) is 2.23. The van der Waals surface area contributed by atoms with Crippen LogP contribution in [0.2, 0.25) is 0 Å². The van der Waals surface area contributed by atoms with Gasteiger partial charge in [-0.3, -0.25) is 9.59 Å². The van der Waals surface area contributed by atoms with Gasteiger partial charge in [0.25, 0.3) is 11.8 Å². The number of hydrogen-bond acceptors (Lipinski definition) is 7. The van der Waals surface area contributed by atoms with Crippen LogP contribution in [0.15, 0.2) is 34.9 Å². The summed E-state index contributed by atoms with van der Waals surface area (Å²) >= 11 is 0. The number of furan rings is 1. The molecule has 2 amide bonds. The van der Waals surface area contributed by atoms with Crippen molar-refractivity contribution in [1.29, 1.82) is 0 Å². The maximum atomic E-state index is 12.5. The molecule has 9 heteroatoms. The number of ether oxygens (including phenoxy) is 3. The molecule has 0 atom stereocenters. The third-order valence-electron chi connectivity index (χ3n) is 3.52. The van der Waals surface area contributed by atoms with Gasteiger partial charge in [0.05, 0.1) is 31.7 Å². The van der Waals surface area contributed by atoms with Crippen LogP contribution >= 0.6 is 0 Å². The predicted molar refractivity (Wildman–Crippen MR) is 99.8 cm³/mol. The minimum atomic E-state index is -0.811. The van der Waals surface area contributed by atoms with Gasteiger partial charge in [0.1, 0.15) is 0 Å². The summed E-state index contributed by atoms with van der Waals surface area (Å²) in [4.78, 5) is 36.5. The molecule has 0 aliphatic heterocycles. The lowest BCUT2D eigenvalue weighted by Gasteiger charge is -2.15. The van der Waals surface area contributed by atoms with E-state index in [-0.39, 0.29) is 28.8 Å². The molecule has 1 aromatic carbocycles. The van der Waals surface area contributed by atoms with Gasteiger partial charge in [0.2, 0.25) is 0 Å². The zero-order chi connectivity index (χ0) is 20.7. The monoisotopic (exact) mass is 390 g/mol. The third-order valence-corrected chi connectivity index (χ3v) is 3.52. The molecule has 0 aliphatic carbocycles. The van der Waals surface area contributed by atoms with Crippen molar-refractivity contribution in [3.05, 3.63) is 41.9 Å². The molecule has 0 radical (unpaired) electrons. The Kier molecular flexibility index (Phi) is 7.02. The lowest BCUT2D eigenvalue weighted by Crippen LogP contribution is -2.34. The summed E-state index contributed by atoms with van der Waals surface area (Å²) in [7, 11) is 2.83. The van der Waals surface area contributed by atoms with Crippen LogP contribution in [0.5, 0.6) is 11.5 Å². The fraction of sp³-hybridized carbons (Fsp3) is 0.316. The molecule has 0 saturated heterocycles. The van der Waals surface area contributed by atoms with Gasteiger partial charge >= 0.3 is 5.97 Å². The number of rotatable bonds is 8. The van der Waals surface area contributed by atoms with Crippen molar-refractivity contribution in [2.75, 3.05) is 26.1 Å². The molecule has 0 aliphatic rings. The minimum absolute atomic E-state index is 0.00472. The summed E-state index contributed by atoms with van der Waals surface area (Å²) in [6.07, 6.45) is 1.35. The van der Waals surface area contributed by atoms with E-state index in [1.165, 1.54) is 38.7 Å². The van der Waals surface area contributed by atoms with Crippen LogP contribution < -0.4 is 20.1 Å². The Bertz CT molecular complexity index is 844. The van der Waals surface area contributed by atoms with Gasteiger partial charge in [0, 0.05) is 18.2 Å². The first-order valence-electron chi connectivity index (χ1n) is 8.43. The zero-order valence-electron chi connectivity index (χ0n) is 16.0. The van der Waals surface area contributed by atoms with E-state index in [2.05, 4.69) is 10.6 Å². The van der Waals surface area contributed by atoms with Gasteiger partial charge in [0.15, 0.2) is 23.9 Å². The van der Waals surface area contributed by atoms with E-state index in [0.29, 0.717) is 5.75 Å². The summed E-state index contributed by atoms with van der Waals surface area (Å²) < 4.78 is 20.5. The molecule has 0 bridgehead atoms. The van der Waals surface area contributed by atoms with Crippen molar-refractivity contribution in [3.8, 4) is 11.5 Å². The first-order chi connectivity index (χ1) is 13.3. The lowest BCUT2D eigenvalue weighted by molar-refractivity contribution is -0.124. The van der Waals surface area contributed by atoms with E-state index in [1.54, 1.807) is 19.9 Å². The number of benzene rings is 1. The molecule has 2 N–H and O–H groups in total. The van der Waals surface area contributed by atoms with E-state index in [1.807, 2.05) is 0 Å². The normalized spacial score (nSPS) is 10.3. The highest BCUT2D eigenvalue weighted by atomic mass is 16.5. The molecular weight excluding hydrogens is 368 g/mol. The van der Waals surface area contributed by atoms with E-state index < -0.39 is 24.4 Å². The van der Waals surface area contributed by atoms with E-state index in [9.17, 15) is 14.4 Å². The summed E-state index contributed by atoms with van der Waals surface area (Å²) in [6.45, 7) is 3.11. The smallest absolute Gasteiger partial charge is 0.340 e. The van der Waals surface area contributed by atoms with Gasteiger partial charge in [-0.15, -0.1) is 0 Å². The Morgan fingerprint density at radius 1 is 1.11 bits per heavy atom. The van der Waals surface area contributed by atoms with Gasteiger partial charge in [-0.05, 0) is 26.0 Å². The van der Waals surface area contributed by atoms with Crippen LogP contribution in [0.25, 0.3) is 0 Å². The van der Waals surface area contributed by atoms with Gasteiger partial charge in [-0.1, -0.05) is 0 Å². The molecule has 28 heavy (non-hydrogen) atoms. The number of anilines is 1. The van der Waals surface area contributed by atoms with Crippen molar-refractivity contribution in [2.45, 2.75) is 19.9 Å². The standard InChI is InChI=1S/C19H22N2O7/c1-11(2)20-17(22)10-28-19(24)12-8-15(25-3)16(26-4)9-13(12)21-18(23)14-6-5-7-27-14/h5-9,11H,10H2,1-4H3,(H,20,22)(H,21,23). The van der Waals surface area contributed by atoms with Crippen LogP contribution in [0.3, 0.4) is 0 Å².